The number of nitrogens with one attached hydrogen (secondary N) is 1. The first kappa shape index (κ1) is 22.8. The molecule has 1 aromatic heterocycles. The van der Waals surface area contributed by atoms with Crippen molar-refractivity contribution in [2.75, 3.05) is 19.6 Å². The van der Waals surface area contributed by atoms with E-state index in [1.807, 2.05) is 25.1 Å². The molecule has 0 saturated carbocycles. The van der Waals surface area contributed by atoms with Gasteiger partial charge in [0.15, 0.2) is 0 Å². The topological polar surface area (TPSA) is 82.9 Å². The fraction of sp³-hybridized carbons (Fsp3) is 0.500. The largest absolute Gasteiger partial charge is 0.466 e. The Bertz CT molecular complexity index is 1120. The highest BCUT2D eigenvalue weighted by Crippen LogP contribution is 2.35. The summed E-state index contributed by atoms with van der Waals surface area (Å²) in [5.74, 6) is 0.630. The van der Waals surface area contributed by atoms with Gasteiger partial charge < -0.3 is 14.2 Å². The molecule has 3 aliphatic rings. The molecule has 5 rings (SSSR count). The lowest BCUT2D eigenvalue weighted by Gasteiger charge is -2.32. The average Bonchev–Trinajstić information content (AvgIpc) is 3.37. The second kappa shape index (κ2) is 9.33. The number of rotatable bonds is 6. The average molecular weight is 468 g/mol. The van der Waals surface area contributed by atoms with Crippen LogP contribution in [0.25, 0.3) is 0 Å². The summed E-state index contributed by atoms with van der Waals surface area (Å²) in [6, 6.07) is 6.51. The third-order valence-corrected chi connectivity index (χ3v) is 7.36. The SMILES string of the molecule is Cc1ccc(CCCN2CCC(c3cc4c(cc3F)C(=O)N(C3CCC(=O)NC3=O)C4)CC2)o1. The molecular weight excluding hydrogens is 437 g/mol. The van der Waals surface area contributed by atoms with E-state index in [4.69, 9.17) is 4.42 Å². The number of carbonyl (C=O) groups is 3. The van der Waals surface area contributed by atoms with Crippen LogP contribution in [0.2, 0.25) is 0 Å². The molecule has 1 aromatic carbocycles. The van der Waals surface area contributed by atoms with Crippen LogP contribution in [-0.2, 0) is 22.6 Å². The van der Waals surface area contributed by atoms with Gasteiger partial charge in [0, 0.05) is 24.9 Å². The van der Waals surface area contributed by atoms with Gasteiger partial charge in [-0.05, 0) is 87.5 Å². The number of benzene rings is 1. The monoisotopic (exact) mass is 467 g/mol. The fourth-order valence-corrected chi connectivity index (χ4v) is 5.49. The lowest BCUT2D eigenvalue weighted by atomic mass is 9.87. The minimum atomic E-state index is -0.683. The summed E-state index contributed by atoms with van der Waals surface area (Å²) < 4.78 is 20.7. The number of carbonyl (C=O) groups excluding carboxylic acids is 3. The summed E-state index contributed by atoms with van der Waals surface area (Å²) in [5.41, 5.74) is 1.77. The molecule has 7 nitrogen and oxygen atoms in total. The molecule has 3 aliphatic heterocycles. The molecule has 0 spiro atoms. The molecule has 2 aromatic rings. The molecule has 0 bridgehead atoms. The first-order valence-corrected chi connectivity index (χ1v) is 12.1. The number of likely N-dealkylation sites (tertiary alicyclic amines) is 1. The van der Waals surface area contributed by atoms with Crippen molar-refractivity contribution in [3.63, 3.8) is 0 Å². The standard InChI is InChI=1S/C26H30FN3O4/c1-16-4-5-19(34-16)3-2-10-29-11-8-17(9-12-29)20-13-18-15-30(26(33)21(18)14-22(20)27)23-6-7-24(31)28-25(23)32/h4-5,13-14,17,23H,2-3,6-12,15H2,1H3,(H,28,31,32). The van der Waals surface area contributed by atoms with Gasteiger partial charge in [0.25, 0.3) is 5.91 Å². The molecule has 180 valence electrons. The Balaban J connectivity index is 1.19. The molecule has 0 aliphatic carbocycles. The lowest BCUT2D eigenvalue weighted by Crippen LogP contribution is -2.52. The smallest absolute Gasteiger partial charge is 0.255 e. The maximum Gasteiger partial charge on any atom is 0.255 e. The van der Waals surface area contributed by atoms with Gasteiger partial charge in [-0.3, -0.25) is 19.7 Å². The van der Waals surface area contributed by atoms with Crippen LogP contribution in [0.15, 0.2) is 28.7 Å². The minimum Gasteiger partial charge on any atom is -0.466 e. The molecule has 8 heteroatoms. The predicted molar refractivity (Wildman–Crippen MR) is 123 cm³/mol. The molecule has 2 saturated heterocycles. The van der Waals surface area contributed by atoms with E-state index in [0.29, 0.717) is 17.5 Å². The van der Waals surface area contributed by atoms with E-state index in [9.17, 15) is 14.4 Å². The molecular formula is C26H30FN3O4. The number of hydrogen-bond acceptors (Lipinski definition) is 5. The van der Waals surface area contributed by atoms with Crippen molar-refractivity contribution in [2.24, 2.45) is 0 Å². The van der Waals surface area contributed by atoms with Crippen LogP contribution >= 0.6 is 0 Å². The zero-order chi connectivity index (χ0) is 23.8. The van der Waals surface area contributed by atoms with Crippen molar-refractivity contribution >= 4 is 17.7 Å². The summed E-state index contributed by atoms with van der Waals surface area (Å²) in [6.45, 7) is 5.06. The summed E-state index contributed by atoms with van der Waals surface area (Å²) in [4.78, 5) is 40.5. The van der Waals surface area contributed by atoms with Crippen molar-refractivity contribution in [3.05, 3.63) is 58.3 Å². The third kappa shape index (κ3) is 4.51. The highest BCUT2D eigenvalue weighted by atomic mass is 19.1. The highest BCUT2D eigenvalue weighted by Gasteiger charge is 2.40. The fourth-order valence-electron chi connectivity index (χ4n) is 5.49. The van der Waals surface area contributed by atoms with Crippen LogP contribution in [0.1, 0.15) is 71.0 Å². The van der Waals surface area contributed by atoms with E-state index in [-0.39, 0.29) is 36.5 Å². The molecule has 1 unspecified atom stereocenters. The van der Waals surface area contributed by atoms with E-state index in [1.165, 1.54) is 11.0 Å². The Morgan fingerprint density at radius 2 is 1.91 bits per heavy atom. The van der Waals surface area contributed by atoms with Crippen LogP contribution in [0.4, 0.5) is 4.39 Å². The summed E-state index contributed by atoms with van der Waals surface area (Å²) in [5, 5.41) is 2.30. The van der Waals surface area contributed by atoms with E-state index >= 15 is 4.39 Å². The van der Waals surface area contributed by atoms with Crippen molar-refractivity contribution < 1.29 is 23.2 Å². The predicted octanol–water partition coefficient (Wildman–Crippen LogP) is 3.30. The number of imide groups is 1. The quantitative estimate of drug-likeness (QED) is 0.660. The van der Waals surface area contributed by atoms with Crippen LogP contribution in [0.3, 0.4) is 0 Å². The Kier molecular flexibility index (Phi) is 6.25. The zero-order valence-electron chi connectivity index (χ0n) is 19.4. The first-order chi connectivity index (χ1) is 16.4. The van der Waals surface area contributed by atoms with Crippen LogP contribution < -0.4 is 5.32 Å². The Morgan fingerprint density at radius 3 is 2.62 bits per heavy atom. The van der Waals surface area contributed by atoms with E-state index in [0.717, 1.165) is 62.4 Å². The maximum atomic E-state index is 15.1. The first-order valence-electron chi connectivity index (χ1n) is 12.1. The second-order valence-electron chi connectivity index (χ2n) is 9.66. The van der Waals surface area contributed by atoms with Crippen LogP contribution in [-0.4, -0.2) is 53.2 Å². The number of nitrogens with zero attached hydrogens (tertiary/aromatic N) is 2. The Hall–Kier alpha value is -3.00. The Labute approximate surface area is 198 Å². The summed E-state index contributed by atoms with van der Waals surface area (Å²) in [7, 11) is 0. The van der Waals surface area contributed by atoms with Crippen LogP contribution in [0, 0.1) is 12.7 Å². The molecule has 1 N–H and O–H groups in total. The van der Waals surface area contributed by atoms with Crippen molar-refractivity contribution in [1.82, 2.24) is 15.1 Å². The molecule has 3 amide bonds. The van der Waals surface area contributed by atoms with Gasteiger partial charge in [0.2, 0.25) is 11.8 Å². The number of hydrogen-bond donors (Lipinski definition) is 1. The molecule has 0 radical (unpaired) electrons. The van der Waals surface area contributed by atoms with Gasteiger partial charge >= 0.3 is 0 Å². The minimum absolute atomic E-state index is 0.119. The van der Waals surface area contributed by atoms with Gasteiger partial charge in [-0.25, -0.2) is 4.39 Å². The highest BCUT2D eigenvalue weighted by molar-refractivity contribution is 6.05. The van der Waals surface area contributed by atoms with Crippen molar-refractivity contribution in [3.8, 4) is 0 Å². The van der Waals surface area contributed by atoms with Gasteiger partial charge in [0.05, 0.1) is 0 Å². The van der Waals surface area contributed by atoms with Gasteiger partial charge in [0.1, 0.15) is 23.4 Å². The van der Waals surface area contributed by atoms with Crippen LogP contribution in [0.5, 0.6) is 0 Å². The number of amides is 3. The van der Waals surface area contributed by atoms with Gasteiger partial charge in [-0.15, -0.1) is 0 Å². The van der Waals surface area contributed by atoms with E-state index in [1.54, 1.807) is 0 Å². The second-order valence-corrected chi connectivity index (χ2v) is 9.66. The van der Waals surface area contributed by atoms with Gasteiger partial charge in [-0.2, -0.15) is 0 Å². The molecule has 1 atom stereocenters. The summed E-state index contributed by atoms with van der Waals surface area (Å²) >= 11 is 0. The maximum absolute atomic E-state index is 15.1. The third-order valence-electron chi connectivity index (χ3n) is 7.36. The normalized spacial score (nSPS) is 21.8. The summed E-state index contributed by atoms with van der Waals surface area (Å²) in [6.07, 6.45) is 4.21. The Morgan fingerprint density at radius 1 is 1.12 bits per heavy atom. The van der Waals surface area contributed by atoms with Crippen molar-refractivity contribution in [1.29, 1.82) is 0 Å². The number of aryl methyl sites for hydroxylation is 2. The number of piperidine rings is 2. The lowest BCUT2D eigenvalue weighted by molar-refractivity contribution is -0.136. The molecule has 4 heterocycles. The number of furan rings is 1. The zero-order valence-corrected chi connectivity index (χ0v) is 19.4. The number of fused-ring (bicyclic) bond motifs is 1. The molecule has 2 fully saturated rings. The van der Waals surface area contributed by atoms with E-state index < -0.39 is 11.9 Å². The van der Waals surface area contributed by atoms with Gasteiger partial charge in [-0.1, -0.05) is 6.07 Å². The van der Waals surface area contributed by atoms with Crippen molar-refractivity contribution in [2.45, 2.75) is 64.0 Å². The number of halogens is 1. The molecule has 34 heavy (non-hydrogen) atoms. The van der Waals surface area contributed by atoms with E-state index in [2.05, 4.69) is 10.2 Å².